The molecule has 29 heavy (non-hydrogen) atoms. The van der Waals surface area contributed by atoms with E-state index in [0.717, 1.165) is 22.5 Å². The standard InChI is InChI=1S/C21H21ClN4O3/c1-12-7-13(2)9-16(8-12)23-19(27)11-29-21(28)20-17(22)5-6-18(24-20)26-15(4)10-14(3)25-26/h5-10H,11H2,1-4H3,(H,23,27). The molecule has 8 heteroatoms. The molecular weight excluding hydrogens is 392 g/mol. The van der Waals surface area contributed by atoms with Gasteiger partial charge in [0.2, 0.25) is 0 Å². The summed E-state index contributed by atoms with van der Waals surface area (Å²) in [4.78, 5) is 28.8. The van der Waals surface area contributed by atoms with Gasteiger partial charge < -0.3 is 10.1 Å². The normalized spacial score (nSPS) is 10.7. The zero-order chi connectivity index (χ0) is 21.1. The fourth-order valence-corrected chi connectivity index (χ4v) is 3.18. The molecule has 0 spiro atoms. The molecule has 1 aromatic carbocycles. The van der Waals surface area contributed by atoms with Crippen molar-refractivity contribution in [2.45, 2.75) is 27.7 Å². The third kappa shape index (κ3) is 5.00. The summed E-state index contributed by atoms with van der Waals surface area (Å²) in [5.41, 5.74) is 4.31. The van der Waals surface area contributed by atoms with Gasteiger partial charge in [0.25, 0.3) is 5.91 Å². The van der Waals surface area contributed by atoms with Crippen LogP contribution in [0.3, 0.4) is 0 Å². The zero-order valence-electron chi connectivity index (χ0n) is 16.6. The van der Waals surface area contributed by atoms with Crippen LogP contribution in [0.25, 0.3) is 5.82 Å². The molecule has 1 N–H and O–H groups in total. The van der Waals surface area contributed by atoms with E-state index in [2.05, 4.69) is 15.4 Å². The van der Waals surface area contributed by atoms with Gasteiger partial charge in [-0.25, -0.2) is 14.5 Å². The Bertz CT molecular complexity index is 1070. The summed E-state index contributed by atoms with van der Waals surface area (Å²) in [5, 5.41) is 7.18. The van der Waals surface area contributed by atoms with Gasteiger partial charge in [0.1, 0.15) is 0 Å². The van der Waals surface area contributed by atoms with E-state index in [4.69, 9.17) is 16.3 Å². The summed E-state index contributed by atoms with van der Waals surface area (Å²) in [6.45, 7) is 7.17. The molecule has 0 bridgehead atoms. The highest BCUT2D eigenvalue weighted by Gasteiger charge is 2.18. The molecule has 3 rings (SSSR count). The van der Waals surface area contributed by atoms with Gasteiger partial charge in [-0.05, 0) is 69.2 Å². The van der Waals surface area contributed by atoms with Crippen molar-refractivity contribution in [3.63, 3.8) is 0 Å². The molecule has 150 valence electrons. The van der Waals surface area contributed by atoms with Gasteiger partial charge in [0.15, 0.2) is 18.1 Å². The van der Waals surface area contributed by atoms with Crippen molar-refractivity contribution < 1.29 is 14.3 Å². The first-order valence-electron chi connectivity index (χ1n) is 8.98. The number of esters is 1. The molecular formula is C21H21ClN4O3. The van der Waals surface area contributed by atoms with Gasteiger partial charge in [0, 0.05) is 11.4 Å². The number of hydrogen-bond acceptors (Lipinski definition) is 5. The van der Waals surface area contributed by atoms with Crippen LogP contribution in [0.2, 0.25) is 5.02 Å². The first-order valence-corrected chi connectivity index (χ1v) is 9.36. The third-order valence-corrected chi connectivity index (χ3v) is 4.40. The summed E-state index contributed by atoms with van der Waals surface area (Å²) in [5.74, 6) is -0.797. The minimum atomic E-state index is -0.783. The van der Waals surface area contributed by atoms with E-state index in [1.165, 1.54) is 0 Å². The molecule has 0 saturated heterocycles. The van der Waals surface area contributed by atoms with Crippen molar-refractivity contribution in [1.82, 2.24) is 14.8 Å². The Hall–Kier alpha value is -3.19. The first kappa shape index (κ1) is 20.5. The second-order valence-corrected chi connectivity index (χ2v) is 7.25. The number of pyridine rings is 1. The minimum Gasteiger partial charge on any atom is -0.451 e. The molecule has 0 unspecified atom stereocenters. The molecule has 0 saturated carbocycles. The van der Waals surface area contributed by atoms with E-state index in [0.29, 0.717) is 11.5 Å². The molecule has 0 aliphatic heterocycles. The largest absolute Gasteiger partial charge is 0.451 e. The number of carbonyl (C=O) groups is 2. The van der Waals surface area contributed by atoms with Crippen LogP contribution >= 0.6 is 11.6 Å². The summed E-state index contributed by atoms with van der Waals surface area (Å²) >= 11 is 6.11. The first-order chi connectivity index (χ1) is 13.7. The molecule has 3 aromatic rings. The van der Waals surface area contributed by atoms with Crippen molar-refractivity contribution in [2.75, 3.05) is 11.9 Å². The second kappa shape index (κ2) is 8.45. The molecule has 0 radical (unpaired) electrons. The van der Waals surface area contributed by atoms with E-state index in [1.54, 1.807) is 16.8 Å². The smallest absolute Gasteiger partial charge is 0.359 e. The number of benzene rings is 1. The quantitative estimate of drug-likeness (QED) is 0.641. The number of anilines is 1. The van der Waals surface area contributed by atoms with Gasteiger partial charge in [-0.15, -0.1) is 0 Å². The lowest BCUT2D eigenvalue weighted by Crippen LogP contribution is -2.22. The second-order valence-electron chi connectivity index (χ2n) is 6.84. The van der Waals surface area contributed by atoms with Gasteiger partial charge in [-0.1, -0.05) is 17.7 Å². The number of hydrogen-bond donors (Lipinski definition) is 1. The Balaban J connectivity index is 1.69. The lowest BCUT2D eigenvalue weighted by Gasteiger charge is -2.10. The van der Waals surface area contributed by atoms with E-state index in [9.17, 15) is 9.59 Å². The molecule has 2 aromatic heterocycles. The maximum atomic E-state index is 12.4. The average Bonchev–Trinajstić information content (AvgIpc) is 2.97. The zero-order valence-corrected chi connectivity index (χ0v) is 17.4. The number of nitrogens with zero attached hydrogens (tertiary/aromatic N) is 3. The number of nitrogens with one attached hydrogen (secondary N) is 1. The van der Waals surface area contributed by atoms with Crippen LogP contribution in [-0.2, 0) is 9.53 Å². The Kier molecular flexibility index (Phi) is 5.98. The summed E-state index contributed by atoms with van der Waals surface area (Å²) < 4.78 is 6.71. The highest BCUT2D eigenvalue weighted by atomic mass is 35.5. The lowest BCUT2D eigenvalue weighted by atomic mass is 10.1. The van der Waals surface area contributed by atoms with Crippen LogP contribution in [-0.4, -0.2) is 33.2 Å². The molecule has 2 heterocycles. The van der Waals surface area contributed by atoms with Gasteiger partial charge in [0.05, 0.1) is 10.7 Å². The van der Waals surface area contributed by atoms with Crippen molar-refractivity contribution in [3.8, 4) is 5.82 Å². The van der Waals surface area contributed by atoms with Crippen LogP contribution < -0.4 is 5.32 Å². The average molecular weight is 413 g/mol. The predicted molar refractivity (Wildman–Crippen MR) is 111 cm³/mol. The summed E-state index contributed by atoms with van der Waals surface area (Å²) in [6, 6.07) is 10.8. The maximum absolute atomic E-state index is 12.4. The van der Waals surface area contributed by atoms with Crippen LogP contribution in [0.5, 0.6) is 0 Å². The van der Waals surface area contributed by atoms with Crippen molar-refractivity contribution in [3.05, 3.63) is 69.6 Å². The van der Waals surface area contributed by atoms with Gasteiger partial charge >= 0.3 is 5.97 Å². The molecule has 0 fully saturated rings. The van der Waals surface area contributed by atoms with Crippen molar-refractivity contribution >= 4 is 29.2 Å². The molecule has 0 aliphatic carbocycles. The number of ether oxygens (including phenoxy) is 1. The van der Waals surface area contributed by atoms with Crippen molar-refractivity contribution in [2.24, 2.45) is 0 Å². The number of rotatable bonds is 5. The van der Waals surface area contributed by atoms with Crippen LogP contribution in [0, 0.1) is 27.7 Å². The van der Waals surface area contributed by atoms with Crippen molar-refractivity contribution in [1.29, 1.82) is 0 Å². The van der Waals surface area contributed by atoms with E-state index in [-0.39, 0.29) is 10.7 Å². The topological polar surface area (TPSA) is 86.1 Å². The van der Waals surface area contributed by atoms with Crippen LogP contribution in [0.4, 0.5) is 5.69 Å². The highest BCUT2D eigenvalue weighted by molar-refractivity contribution is 6.33. The third-order valence-electron chi connectivity index (χ3n) is 4.09. The fraction of sp³-hybridized carbons (Fsp3) is 0.238. The maximum Gasteiger partial charge on any atom is 0.359 e. The van der Waals surface area contributed by atoms with Crippen LogP contribution in [0.15, 0.2) is 36.4 Å². The molecule has 0 aliphatic rings. The summed E-state index contributed by atoms with van der Waals surface area (Å²) in [6.07, 6.45) is 0. The number of halogens is 1. The van der Waals surface area contributed by atoms with E-state index in [1.807, 2.05) is 52.0 Å². The number of aryl methyl sites for hydroxylation is 4. The van der Waals surface area contributed by atoms with Crippen LogP contribution in [0.1, 0.15) is 33.0 Å². The Morgan fingerprint density at radius 3 is 2.38 bits per heavy atom. The molecule has 7 nitrogen and oxygen atoms in total. The Morgan fingerprint density at radius 1 is 1.07 bits per heavy atom. The number of carbonyl (C=O) groups excluding carboxylic acids is 2. The minimum absolute atomic E-state index is 0.0732. The van der Waals surface area contributed by atoms with E-state index >= 15 is 0 Å². The SMILES string of the molecule is Cc1cc(C)cc(NC(=O)COC(=O)c2nc(-n3nc(C)cc3C)ccc2Cl)c1. The number of amides is 1. The molecule has 0 atom stereocenters. The fourth-order valence-electron chi connectivity index (χ4n) is 3.00. The Labute approximate surface area is 173 Å². The van der Waals surface area contributed by atoms with Gasteiger partial charge in [-0.2, -0.15) is 5.10 Å². The Morgan fingerprint density at radius 2 is 1.76 bits per heavy atom. The highest BCUT2D eigenvalue weighted by Crippen LogP contribution is 2.19. The lowest BCUT2D eigenvalue weighted by molar-refractivity contribution is -0.119. The number of aromatic nitrogens is 3. The van der Waals surface area contributed by atoms with Gasteiger partial charge in [-0.3, -0.25) is 4.79 Å². The molecule has 1 amide bonds. The van der Waals surface area contributed by atoms with E-state index < -0.39 is 18.5 Å². The summed E-state index contributed by atoms with van der Waals surface area (Å²) in [7, 11) is 0. The predicted octanol–water partition coefficient (Wildman–Crippen LogP) is 3.95. The monoisotopic (exact) mass is 412 g/mol.